The largest absolute Gasteiger partial charge is 0.339 e. The predicted octanol–water partition coefficient (Wildman–Crippen LogP) is 4.05. The Labute approximate surface area is 163 Å². The minimum Gasteiger partial charge on any atom is -0.339 e. The van der Waals surface area contributed by atoms with Crippen LogP contribution in [0.5, 0.6) is 0 Å². The summed E-state index contributed by atoms with van der Waals surface area (Å²) in [5.41, 5.74) is 4.55. The second-order valence-electron chi connectivity index (χ2n) is 6.50. The second-order valence-corrected chi connectivity index (χ2v) is 6.50. The highest BCUT2D eigenvalue weighted by molar-refractivity contribution is 6.03. The number of rotatable bonds is 5. The maximum Gasteiger partial charge on any atom is 0.275 e. The lowest BCUT2D eigenvalue weighted by Crippen LogP contribution is -2.14. The number of aromatic nitrogens is 2. The van der Waals surface area contributed by atoms with Gasteiger partial charge in [-0.3, -0.25) is 9.59 Å². The van der Waals surface area contributed by atoms with Crippen molar-refractivity contribution in [2.45, 2.75) is 20.8 Å². The quantitative estimate of drug-likeness (QED) is 0.625. The fourth-order valence-electron chi connectivity index (χ4n) is 2.78. The number of hydrogen-bond acceptors (Lipinski definition) is 5. The summed E-state index contributed by atoms with van der Waals surface area (Å²) < 4.78 is 0. The van der Waals surface area contributed by atoms with Gasteiger partial charge in [-0.25, -0.2) is 9.97 Å². The molecular formula is C21H21N5O2. The third-order valence-electron chi connectivity index (χ3n) is 3.82. The average molecular weight is 375 g/mol. The van der Waals surface area contributed by atoms with Crippen LogP contribution in [0.1, 0.15) is 28.5 Å². The number of nitrogens with zero attached hydrogens (tertiary/aromatic N) is 2. The van der Waals surface area contributed by atoms with Crippen LogP contribution in [0.15, 0.2) is 54.9 Å². The van der Waals surface area contributed by atoms with E-state index in [0.717, 1.165) is 16.8 Å². The van der Waals surface area contributed by atoms with Crippen molar-refractivity contribution in [3.63, 3.8) is 0 Å². The van der Waals surface area contributed by atoms with Crippen molar-refractivity contribution in [1.82, 2.24) is 9.97 Å². The second kappa shape index (κ2) is 8.30. The molecule has 3 rings (SSSR count). The van der Waals surface area contributed by atoms with Crippen LogP contribution in [0.3, 0.4) is 0 Å². The van der Waals surface area contributed by atoms with Crippen molar-refractivity contribution < 1.29 is 9.59 Å². The summed E-state index contributed by atoms with van der Waals surface area (Å²) in [6.45, 7) is 5.48. The summed E-state index contributed by atoms with van der Waals surface area (Å²) in [7, 11) is 0. The fraction of sp³-hybridized carbons (Fsp3) is 0.143. The smallest absolute Gasteiger partial charge is 0.275 e. The SMILES string of the molecule is CC(=O)Nc1cccc(NC(=O)c2cnc(Nc3cc(C)cc(C)c3)cn2)c1. The van der Waals surface area contributed by atoms with E-state index in [-0.39, 0.29) is 17.5 Å². The summed E-state index contributed by atoms with van der Waals surface area (Å²) in [4.78, 5) is 32.0. The van der Waals surface area contributed by atoms with Crippen LogP contribution in [0.25, 0.3) is 0 Å². The van der Waals surface area contributed by atoms with Crippen LogP contribution >= 0.6 is 0 Å². The normalized spacial score (nSPS) is 10.2. The van der Waals surface area contributed by atoms with Gasteiger partial charge in [-0.05, 0) is 55.3 Å². The molecule has 0 saturated heterocycles. The van der Waals surface area contributed by atoms with E-state index in [1.165, 1.54) is 19.3 Å². The van der Waals surface area contributed by atoms with E-state index in [0.29, 0.717) is 17.2 Å². The highest BCUT2D eigenvalue weighted by atomic mass is 16.2. The minimum atomic E-state index is -0.384. The first kappa shape index (κ1) is 19.0. The molecule has 0 radical (unpaired) electrons. The highest BCUT2D eigenvalue weighted by Crippen LogP contribution is 2.18. The summed E-state index contributed by atoms with van der Waals surface area (Å²) in [5, 5.41) is 8.59. The molecule has 0 aliphatic carbocycles. The summed E-state index contributed by atoms with van der Waals surface area (Å²) in [6.07, 6.45) is 2.93. The van der Waals surface area contributed by atoms with Crippen LogP contribution in [0.2, 0.25) is 0 Å². The first-order valence-corrected chi connectivity index (χ1v) is 8.75. The van der Waals surface area contributed by atoms with Gasteiger partial charge in [0.2, 0.25) is 5.91 Å². The van der Waals surface area contributed by atoms with Crippen molar-refractivity contribution in [1.29, 1.82) is 0 Å². The minimum absolute atomic E-state index is 0.179. The molecule has 0 aliphatic heterocycles. The number of benzene rings is 2. The molecule has 2 amide bonds. The van der Waals surface area contributed by atoms with Crippen molar-refractivity contribution >= 4 is 34.7 Å². The molecule has 3 N–H and O–H groups in total. The van der Waals surface area contributed by atoms with E-state index in [1.807, 2.05) is 26.0 Å². The third-order valence-corrected chi connectivity index (χ3v) is 3.82. The van der Waals surface area contributed by atoms with E-state index in [4.69, 9.17) is 0 Å². The van der Waals surface area contributed by atoms with Gasteiger partial charge in [0.05, 0.1) is 12.4 Å². The molecule has 7 heteroatoms. The summed E-state index contributed by atoms with van der Waals surface area (Å²) in [6, 6.07) is 13.0. The summed E-state index contributed by atoms with van der Waals surface area (Å²) >= 11 is 0. The number of nitrogens with one attached hydrogen (secondary N) is 3. The molecule has 1 aromatic heterocycles. The van der Waals surface area contributed by atoms with Gasteiger partial charge in [0, 0.05) is 24.0 Å². The van der Waals surface area contributed by atoms with Crippen LogP contribution in [-0.4, -0.2) is 21.8 Å². The Balaban J connectivity index is 1.67. The number of aryl methyl sites for hydroxylation is 2. The molecule has 3 aromatic rings. The van der Waals surface area contributed by atoms with Gasteiger partial charge < -0.3 is 16.0 Å². The number of carbonyl (C=O) groups is 2. The van der Waals surface area contributed by atoms with Gasteiger partial charge in [-0.1, -0.05) is 12.1 Å². The van der Waals surface area contributed by atoms with Crippen molar-refractivity contribution in [3.8, 4) is 0 Å². The van der Waals surface area contributed by atoms with Gasteiger partial charge >= 0.3 is 0 Å². The first-order valence-electron chi connectivity index (χ1n) is 8.75. The Morgan fingerprint density at radius 1 is 0.821 bits per heavy atom. The zero-order valence-corrected chi connectivity index (χ0v) is 15.9. The maximum absolute atomic E-state index is 12.4. The van der Waals surface area contributed by atoms with E-state index < -0.39 is 0 Å². The number of carbonyl (C=O) groups excluding carboxylic acids is 2. The Morgan fingerprint density at radius 3 is 2.11 bits per heavy atom. The lowest BCUT2D eigenvalue weighted by atomic mass is 10.1. The molecule has 0 fully saturated rings. The van der Waals surface area contributed by atoms with E-state index >= 15 is 0 Å². The Morgan fingerprint density at radius 2 is 1.50 bits per heavy atom. The van der Waals surface area contributed by atoms with Gasteiger partial charge in [-0.15, -0.1) is 0 Å². The molecule has 2 aromatic carbocycles. The third kappa shape index (κ3) is 5.14. The molecule has 0 atom stereocenters. The van der Waals surface area contributed by atoms with E-state index in [1.54, 1.807) is 24.3 Å². The Bertz CT molecular complexity index is 995. The Hall–Kier alpha value is -3.74. The summed E-state index contributed by atoms with van der Waals surface area (Å²) in [5.74, 6) is -0.0131. The zero-order valence-electron chi connectivity index (χ0n) is 15.9. The van der Waals surface area contributed by atoms with Crippen molar-refractivity contribution in [3.05, 3.63) is 71.7 Å². The van der Waals surface area contributed by atoms with Crippen molar-refractivity contribution in [2.24, 2.45) is 0 Å². The molecular weight excluding hydrogens is 354 g/mol. The Kier molecular flexibility index (Phi) is 5.64. The topological polar surface area (TPSA) is 96.0 Å². The molecule has 28 heavy (non-hydrogen) atoms. The zero-order chi connectivity index (χ0) is 20.1. The van der Waals surface area contributed by atoms with Crippen LogP contribution < -0.4 is 16.0 Å². The van der Waals surface area contributed by atoms with Gasteiger partial charge in [-0.2, -0.15) is 0 Å². The fourth-order valence-corrected chi connectivity index (χ4v) is 2.78. The van der Waals surface area contributed by atoms with Crippen molar-refractivity contribution in [2.75, 3.05) is 16.0 Å². The van der Waals surface area contributed by atoms with E-state index in [9.17, 15) is 9.59 Å². The predicted molar refractivity (Wildman–Crippen MR) is 110 cm³/mol. The number of anilines is 4. The maximum atomic E-state index is 12.4. The number of hydrogen-bond donors (Lipinski definition) is 3. The average Bonchev–Trinajstić information content (AvgIpc) is 2.61. The van der Waals surface area contributed by atoms with Gasteiger partial charge in [0.15, 0.2) is 0 Å². The number of amides is 2. The molecule has 0 unspecified atom stereocenters. The van der Waals surface area contributed by atoms with Gasteiger partial charge in [0.1, 0.15) is 11.5 Å². The molecule has 7 nitrogen and oxygen atoms in total. The molecule has 0 aliphatic rings. The standard InChI is InChI=1S/C21H21N5O2/c1-13-7-14(2)9-18(8-13)25-20-12-22-19(11-23-20)21(28)26-17-6-4-5-16(10-17)24-15(3)27/h4-12H,1-3H3,(H,23,25)(H,24,27)(H,26,28). The molecule has 142 valence electrons. The van der Waals surface area contributed by atoms with Gasteiger partial charge in [0.25, 0.3) is 5.91 Å². The molecule has 0 spiro atoms. The first-order chi connectivity index (χ1) is 13.4. The molecule has 0 saturated carbocycles. The van der Waals surface area contributed by atoms with E-state index in [2.05, 4.69) is 32.0 Å². The molecule has 1 heterocycles. The monoisotopic (exact) mass is 375 g/mol. The van der Waals surface area contributed by atoms with Crippen LogP contribution in [0, 0.1) is 13.8 Å². The highest BCUT2D eigenvalue weighted by Gasteiger charge is 2.09. The molecule has 0 bridgehead atoms. The van der Waals surface area contributed by atoms with Crippen LogP contribution in [-0.2, 0) is 4.79 Å². The van der Waals surface area contributed by atoms with Crippen LogP contribution in [0.4, 0.5) is 22.9 Å². The lowest BCUT2D eigenvalue weighted by molar-refractivity contribution is -0.114. The lowest BCUT2D eigenvalue weighted by Gasteiger charge is -2.09.